The van der Waals surface area contributed by atoms with E-state index < -0.39 is 0 Å². The molecule has 1 saturated carbocycles. The van der Waals surface area contributed by atoms with Gasteiger partial charge < -0.3 is 9.88 Å². The van der Waals surface area contributed by atoms with E-state index in [0.29, 0.717) is 18.4 Å². The van der Waals surface area contributed by atoms with E-state index in [9.17, 15) is 4.79 Å². The van der Waals surface area contributed by atoms with Crippen LogP contribution in [0.25, 0.3) is 0 Å². The summed E-state index contributed by atoms with van der Waals surface area (Å²) >= 11 is 1.46. The van der Waals surface area contributed by atoms with Crippen LogP contribution < -0.4 is 5.32 Å². The van der Waals surface area contributed by atoms with E-state index in [2.05, 4.69) is 22.2 Å². The highest BCUT2D eigenvalue weighted by Gasteiger charge is 2.25. The first-order chi connectivity index (χ1) is 10.7. The zero-order valence-corrected chi connectivity index (χ0v) is 13.7. The molecule has 0 bridgehead atoms. The number of nitrogens with zero attached hydrogens (tertiary/aromatic N) is 3. The number of hydrogen-bond acceptors (Lipinski definition) is 4. The third-order valence-corrected chi connectivity index (χ3v) is 5.08. The topological polar surface area (TPSA) is 59.8 Å². The summed E-state index contributed by atoms with van der Waals surface area (Å²) < 4.78 is 2.04. The number of imidazole rings is 1. The van der Waals surface area contributed by atoms with Gasteiger partial charge in [0.1, 0.15) is 4.88 Å². The van der Waals surface area contributed by atoms with Crippen LogP contribution in [0.4, 0.5) is 0 Å². The maximum Gasteiger partial charge on any atom is 0.263 e. The van der Waals surface area contributed by atoms with Crippen molar-refractivity contribution in [2.45, 2.75) is 45.1 Å². The Labute approximate surface area is 134 Å². The van der Waals surface area contributed by atoms with Crippen LogP contribution in [-0.2, 0) is 6.54 Å². The molecule has 3 rings (SSSR count). The molecule has 0 spiro atoms. The molecule has 2 aromatic heterocycles. The van der Waals surface area contributed by atoms with Crippen LogP contribution >= 0.6 is 11.3 Å². The number of hydrogen-bond donors (Lipinski definition) is 1. The summed E-state index contributed by atoms with van der Waals surface area (Å²) in [5.74, 6) is 0.873. The Morgan fingerprint density at radius 3 is 3.05 bits per heavy atom. The summed E-state index contributed by atoms with van der Waals surface area (Å²) in [5, 5.41) is 3.06. The summed E-state index contributed by atoms with van der Waals surface area (Å²) in [6.07, 6.45) is 10.4. The van der Waals surface area contributed by atoms with Gasteiger partial charge in [-0.05, 0) is 18.8 Å². The molecule has 22 heavy (non-hydrogen) atoms. The van der Waals surface area contributed by atoms with Crippen LogP contribution in [0.3, 0.4) is 0 Å². The number of rotatable bonds is 6. The Morgan fingerprint density at radius 1 is 1.50 bits per heavy atom. The van der Waals surface area contributed by atoms with E-state index in [1.54, 1.807) is 18.0 Å². The predicted octanol–water partition coefficient (Wildman–Crippen LogP) is 3.06. The minimum atomic E-state index is 0.0295. The van der Waals surface area contributed by atoms with Crippen LogP contribution in [-0.4, -0.2) is 27.0 Å². The van der Waals surface area contributed by atoms with Gasteiger partial charge in [-0.3, -0.25) is 4.79 Å². The molecule has 6 heteroatoms. The third-order valence-electron chi connectivity index (χ3n) is 4.24. The average molecular weight is 318 g/mol. The van der Waals surface area contributed by atoms with Gasteiger partial charge in [0.15, 0.2) is 0 Å². The van der Waals surface area contributed by atoms with E-state index >= 15 is 0 Å². The SMILES string of the molecule is CC(CNC(=O)c1scnc1C1CCCC1)Cn1ccnc1. The third kappa shape index (κ3) is 3.55. The first-order valence-electron chi connectivity index (χ1n) is 7.91. The monoisotopic (exact) mass is 318 g/mol. The van der Waals surface area contributed by atoms with Gasteiger partial charge in [-0.15, -0.1) is 11.3 Å². The number of aromatic nitrogens is 3. The zero-order chi connectivity index (χ0) is 15.4. The second kappa shape index (κ2) is 7.05. The van der Waals surface area contributed by atoms with Crippen molar-refractivity contribution < 1.29 is 4.79 Å². The molecule has 1 N–H and O–H groups in total. The Bertz CT molecular complexity index is 601. The molecule has 1 atom stereocenters. The van der Waals surface area contributed by atoms with Crippen LogP contribution in [0.5, 0.6) is 0 Å². The van der Waals surface area contributed by atoms with E-state index in [0.717, 1.165) is 17.1 Å². The number of thiazole rings is 1. The van der Waals surface area contributed by atoms with Gasteiger partial charge in [-0.2, -0.15) is 0 Å². The minimum Gasteiger partial charge on any atom is -0.351 e. The number of carbonyl (C=O) groups excluding carboxylic acids is 1. The van der Waals surface area contributed by atoms with Crippen molar-refractivity contribution in [2.24, 2.45) is 5.92 Å². The Morgan fingerprint density at radius 2 is 2.32 bits per heavy atom. The summed E-state index contributed by atoms with van der Waals surface area (Å²) in [6.45, 7) is 3.66. The fraction of sp³-hybridized carbons (Fsp3) is 0.562. The fourth-order valence-corrected chi connectivity index (χ4v) is 3.87. The first kappa shape index (κ1) is 15.2. The molecule has 0 aromatic carbocycles. The lowest BCUT2D eigenvalue weighted by atomic mass is 10.0. The minimum absolute atomic E-state index is 0.0295. The second-order valence-corrected chi connectivity index (χ2v) is 6.98. The van der Waals surface area contributed by atoms with Crippen LogP contribution in [0, 0.1) is 5.92 Å². The summed E-state index contributed by atoms with van der Waals surface area (Å²) in [4.78, 5) is 21.7. The van der Waals surface area contributed by atoms with Gasteiger partial charge in [-0.1, -0.05) is 19.8 Å². The molecular formula is C16H22N4OS. The quantitative estimate of drug-likeness (QED) is 0.890. The lowest BCUT2D eigenvalue weighted by Gasteiger charge is -2.14. The van der Waals surface area contributed by atoms with Crippen molar-refractivity contribution in [3.8, 4) is 0 Å². The van der Waals surface area contributed by atoms with Gasteiger partial charge in [0.25, 0.3) is 5.91 Å². The lowest BCUT2D eigenvalue weighted by Crippen LogP contribution is -2.30. The van der Waals surface area contributed by atoms with Crippen LogP contribution in [0.15, 0.2) is 24.2 Å². The van der Waals surface area contributed by atoms with Crippen LogP contribution in [0.2, 0.25) is 0 Å². The van der Waals surface area contributed by atoms with E-state index in [4.69, 9.17) is 0 Å². The highest BCUT2D eigenvalue weighted by molar-refractivity contribution is 7.11. The molecule has 0 saturated heterocycles. The molecule has 1 unspecified atom stereocenters. The van der Waals surface area contributed by atoms with Gasteiger partial charge in [0.05, 0.1) is 17.5 Å². The molecular weight excluding hydrogens is 296 g/mol. The Kier molecular flexibility index (Phi) is 4.87. The van der Waals surface area contributed by atoms with Crippen molar-refractivity contribution in [1.29, 1.82) is 0 Å². The molecule has 1 fully saturated rings. The van der Waals surface area contributed by atoms with Gasteiger partial charge in [0, 0.05) is 31.4 Å². The normalized spacial score (nSPS) is 16.8. The maximum atomic E-state index is 12.4. The Hall–Kier alpha value is -1.69. The molecule has 1 amide bonds. The van der Waals surface area contributed by atoms with Crippen molar-refractivity contribution >= 4 is 17.2 Å². The molecule has 118 valence electrons. The lowest BCUT2D eigenvalue weighted by molar-refractivity contribution is 0.0949. The van der Waals surface area contributed by atoms with Crippen molar-refractivity contribution in [1.82, 2.24) is 19.9 Å². The van der Waals surface area contributed by atoms with E-state index in [-0.39, 0.29) is 5.91 Å². The fourth-order valence-electron chi connectivity index (χ4n) is 3.08. The molecule has 1 aliphatic rings. The highest BCUT2D eigenvalue weighted by Crippen LogP contribution is 2.36. The summed E-state index contributed by atoms with van der Waals surface area (Å²) in [5.41, 5.74) is 2.82. The molecule has 5 nitrogen and oxygen atoms in total. The van der Waals surface area contributed by atoms with Crippen molar-refractivity contribution in [3.05, 3.63) is 34.8 Å². The summed E-state index contributed by atoms with van der Waals surface area (Å²) in [6, 6.07) is 0. The van der Waals surface area contributed by atoms with Crippen LogP contribution in [0.1, 0.15) is 53.9 Å². The molecule has 2 aromatic rings. The largest absolute Gasteiger partial charge is 0.351 e. The molecule has 0 aliphatic heterocycles. The average Bonchev–Trinajstić information content (AvgIpc) is 3.23. The number of nitrogens with one attached hydrogen (secondary N) is 1. The van der Waals surface area contributed by atoms with Crippen molar-refractivity contribution in [2.75, 3.05) is 6.54 Å². The first-order valence-corrected chi connectivity index (χ1v) is 8.79. The zero-order valence-electron chi connectivity index (χ0n) is 12.9. The smallest absolute Gasteiger partial charge is 0.263 e. The van der Waals surface area contributed by atoms with Gasteiger partial charge in [0.2, 0.25) is 0 Å². The number of amides is 1. The predicted molar refractivity (Wildman–Crippen MR) is 87.0 cm³/mol. The highest BCUT2D eigenvalue weighted by atomic mass is 32.1. The van der Waals surface area contributed by atoms with Gasteiger partial charge >= 0.3 is 0 Å². The van der Waals surface area contributed by atoms with Gasteiger partial charge in [-0.25, -0.2) is 9.97 Å². The summed E-state index contributed by atoms with van der Waals surface area (Å²) in [7, 11) is 0. The maximum absolute atomic E-state index is 12.4. The number of carbonyl (C=O) groups is 1. The van der Waals surface area contributed by atoms with E-state index in [1.807, 2.05) is 10.8 Å². The molecule has 2 heterocycles. The van der Waals surface area contributed by atoms with Crippen molar-refractivity contribution in [3.63, 3.8) is 0 Å². The molecule has 0 radical (unpaired) electrons. The second-order valence-electron chi connectivity index (χ2n) is 6.12. The van der Waals surface area contributed by atoms with E-state index in [1.165, 1.54) is 37.0 Å². The molecule has 1 aliphatic carbocycles. The Balaban J connectivity index is 1.54. The standard InChI is InChI=1S/C16H22N4OS/c1-12(9-20-7-6-17-10-20)8-18-16(21)15-14(19-11-22-15)13-4-2-3-5-13/h6-7,10-13H,2-5,8-9H2,1H3,(H,18,21).